The number of carbonyl (C=O) groups excluding carboxylic acids is 1. The molecule has 1 heterocycles. The second-order valence-electron chi connectivity index (χ2n) is 11.1. The van der Waals surface area contributed by atoms with Crippen LogP contribution in [0.5, 0.6) is 0 Å². The number of carbonyl (C=O) groups is 1. The zero-order valence-electron chi connectivity index (χ0n) is 23.6. The average Bonchev–Trinajstić information content (AvgIpc) is 3.81. The van der Waals surface area contributed by atoms with Gasteiger partial charge in [0.2, 0.25) is 26.0 Å². The zero-order valence-corrected chi connectivity index (χ0v) is 25.2. The molecule has 0 bridgehead atoms. The van der Waals surface area contributed by atoms with Gasteiger partial charge < -0.3 is 4.90 Å². The Morgan fingerprint density at radius 3 is 2.02 bits per heavy atom. The van der Waals surface area contributed by atoms with Crippen LogP contribution in [-0.4, -0.2) is 68.0 Å². The van der Waals surface area contributed by atoms with Gasteiger partial charge in [0.1, 0.15) is 5.82 Å². The van der Waals surface area contributed by atoms with E-state index in [0.29, 0.717) is 36.8 Å². The van der Waals surface area contributed by atoms with Crippen LogP contribution >= 0.6 is 0 Å². The molecule has 3 aromatic carbocycles. The fraction of sp³-hybridized carbons (Fsp3) is 0.387. The highest BCUT2D eigenvalue weighted by Gasteiger charge is 2.41. The number of aryl methyl sites for hydroxylation is 1. The Bertz CT molecular complexity index is 1590. The highest BCUT2D eigenvalue weighted by atomic mass is 32.2. The molecule has 11 heteroatoms. The molecule has 5 rings (SSSR count). The van der Waals surface area contributed by atoms with Crippen LogP contribution in [0, 0.1) is 12.7 Å². The molecule has 1 amide bonds. The first kappa shape index (κ1) is 30.3. The number of piperidine rings is 1. The van der Waals surface area contributed by atoms with Crippen LogP contribution in [-0.2, 0) is 37.1 Å². The summed E-state index contributed by atoms with van der Waals surface area (Å²) in [6, 6.07) is 20.9. The van der Waals surface area contributed by atoms with Crippen molar-refractivity contribution in [3.8, 4) is 0 Å². The summed E-state index contributed by atoms with van der Waals surface area (Å²) in [4.78, 5) is 15.7. The summed E-state index contributed by atoms with van der Waals surface area (Å²) >= 11 is 0. The highest BCUT2D eigenvalue weighted by molar-refractivity contribution is 7.89. The number of nitrogens with zero attached hydrogens (tertiary/aromatic N) is 3. The van der Waals surface area contributed by atoms with E-state index < -0.39 is 25.9 Å². The van der Waals surface area contributed by atoms with E-state index in [0.717, 1.165) is 5.56 Å². The Kier molecular flexibility index (Phi) is 9.12. The van der Waals surface area contributed by atoms with E-state index in [1.807, 2.05) is 13.0 Å². The fourth-order valence-electron chi connectivity index (χ4n) is 5.36. The number of rotatable bonds is 11. The fourth-order valence-corrected chi connectivity index (χ4v) is 8.56. The molecule has 1 aliphatic carbocycles. The number of benzene rings is 3. The van der Waals surface area contributed by atoms with Crippen molar-refractivity contribution >= 4 is 26.0 Å². The molecule has 0 radical (unpaired) electrons. The van der Waals surface area contributed by atoms with Crippen molar-refractivity contribution in [1.29, 1.82) is 0 Å². The van der Waals surface area contributed by atoms with Crippen LogP contribution in [0.1, 0.15) is 42.4 Å². The minimum absolute atomic E-state index is 0.0933. The molecule has 1 saturated carbocycles. The van der Waals surface area contributed by atoms with E-state index in [-0.39, 0.29) is 54.8 Å². The third kappa shape index (κ3) is 7.26. The number of amides is 1. The lowest BCUT2D eigenvalue weighted by molar-refractivity contribution is -0.135. The maximum Gasteiger partial charge on any atom is 0.243 e. The minimum atomic E-state index is -3.90. The van der Waals surface area contributed by atoms with Crippen molar-refractivity contribution in [2.24, 2.45) is 0 Å². The van der Waals surface area contributed by atoms with Crippen molar-refractivity contribution in [2.75, 3.05) is 19.6 Å². The SMILES string of the molecule is Cc1ccc(S(=O)(=O)N(CC(=O)N(Cc2ccc(F)cc2)C2CCN(S(=O)(=O)Cc3ccccc3)CC2)C2CC2)cc1. The van der Waals surface area contributed by atoms with E-state index in [2.05, 4.69) is 0 Å². The summed E-state index contributed by atoms with van der Waals surface area (Å²) in [6.45, 7) is 2.24. The standard InChI is InChI=1S/C31H36FN3O5S2/c1-24-7-15-30(16-8-24)42(39,40)35(29-13-14-29)22-31(36)34(21-25-9-11-27(32)12-10-25)28-17-19-33(20-18-28)41(37,38)23-26-5-3-2-4-6-26/h2-12,15-16,28-29H,13-14,17-23H2,1H3. The minimum Gasteiger partial charge on any atom is -0.334 e. The molecule has 0 unspecified atom stereocenters. The molecular formula is C31H36FN3O5S2. The van der Waals surface area contributed by atoms with Crippen molar-refractivity contribution in [3.63, 3.8) is 0 Å². The molecular weight excluding hydrogens is 577 g/mol. The number of halogens is 1. The van der Waals surface area contributed by atoms with Gasteiger partial charge in [-0.25, -0.2) is 25.5 Å². The monoisotopic (exact) mass is 613 g/mol. The highest BCUT2D eigenvalue weighted by Crippen LogP contribution is 2.33. The quantitative estimate of drug-likeness (QED) is 0.321. The summed E-state index contributed by atoms with van der Waals surface area (Å²) < 4.78 is 69.8. The van der Waals surface area contributed by atoms with E-state index in [1.165, 1.54) is 20.7 Å². The van der Waals surface area contributed by atoms with Crippen LogP contribution < -0.4 is 0 Å². The van der Waals surface area contributed by atoms with E-state index in [4.69, 9.17) is 0 Å². The van der Waals surface area contributed by atoms with Crippen LogP contribution in [0.2, 0.25) is 0 Å². The Morgan fingerprint density at radius 2 is 1.43 bits per heavy atom. The molecule has 0 spiro atoms. The summed E-state index contributed by atoms with van der Waals surface area (Å²) in [5.74, 6) is -0.839. The molecule has 224 valence electrons. The molecule has 0 aromatic heterocycles. The average molecular weight is 614 g/mol. The normalized spacial score (nSPS) is 16.9. The third-order valence-electron chi connectivity index (χ3n) is 7.91. The van der Waals surface area contributed by atoms with Crippen molar-refractivity contribution < 1.29 is 26.0 Å². The van der Waals surface area contributed by atoms with Crippen LogP contribution in [0.25, 0.3) is 0 Å². The van der Waals surface area contributed by atoms with Crippen LogP contribution in [0.15, 0.2) is 83.8 Å². The van der Waals surface area contributed by atoms with E-state index >= 15 is 0 Å². The number of sulfonamides is 2. The van der Waals surface area contributed by atoms with Gasteiger partial charge in [0.25, 0.3) is 0 Å². The van der Waals surface area contributed by atoms with Gasteiger partial charge in [-0.3, -0.25) is 4.79 Å². The second-order valence-corrected chi connectivity index (χ2v) is 15.0. The smallest absolute Gasteiger partial charge is 0.243 e. The summed E-state index contributed by atoms with van der Waals surface area (Å²) in [5, 5.41) is 0. The first-order valence-electron chi connectivity index (χ1n) is 14.2. The van der Waals surface area contributed by atoms with Crippen molar-refractivity contribution in [3.05, 3.63) is 101 Å². The van der Waals surface area contributed by atoms with E-state index in [1.54, 1.807) is 65.6 Å². The van der Waals surface area contributed by atoms with Gasteiger partial charge in [0, 0.05) is 31.7 Å². The third-order valence-corrected chi connectivity index (χ3v) is 11.7. The molecule has 8 nitrogen and oxygen atoms in total. The lowest BCUT2D eigenvalue weighted by atomic mass is 10.0. The largest absolute Gasteiger partial charge is 0.334 e. The van der Waals surface area contributed by atoms with E-state index in [9.17, 15) is 26.0 Å². The maximum atomic E-state index is 13.9. The predicted octanol–water partition coefficient (Wildman–Crippen LogP) is 4.31. The number of hydrogen-bond acceptors (Lipinski definition) is 5. The van der Waals surface area contributed by atoms with Gasteiger partial charge >= 0.3 is 0 Å². The molecule has 1 saturated heterocycles. The van der Waals surface area contributed by atoms with Gasteiger partial charge in [-0.05, 0) is 68.0 Å². The molecule has 2 fully saturated rings. The summed E-state index contributed by atoms with van der Waals surface area (Å²) in [6.07, 6.45) is 2.20. The molecule has 2 aliphatic rings. The van der Waals surface area contributed by atoms with Crippen molar-refractivity contribution in [1.82, 2.24) is 13.5 Å². The Balaban J connectivity index is 1.34. The summed E-state index contributed by atoms with van der Waals surface area (Å²) in [7, 11) is -7.45. The second kappa shape index (κ2) is 12.6. The van der Waals surface area contributed by atoms with Crippen molar-refractivity contribution in [2.45, 2.75) is 61.9 Å². The zero-order chi connectivity index (χ0) is 29.9. The van der Waals surface area contributed by atoms with Gasteiger partial charge in [-0.1, -0.05) is 60.2 Å². The lowest BCUT2D eigenvalue weighted by Crippen LogP contribution is -2.51. The van der Waals surface area contributed by atoms with Crippen LogP contribution in [0.3, 0.4) is 0 Å². The van der Waals surface area contributed by atoms with Gasteiger partial charge in [-0.2, -0.15) is 4.31 Å². The van der Waals surface area contributed by atoms with Gasteiger partial charge in [-0.15, -0.1) is 0 Å². The molecule has 0 N–H and O–H groups in total. The predicted molar refractivity (Wildman–Crippen MR) is 159 cm³/mol. The van der Waals surface area contributed by atoms with Crippen LogP contribution in [0.4, 0.5) is 4.39 Å². The Morgan fingerprint density at radius 1 is 0.810 bits per heavy atom. The molecule has 0 atom stereocenters. The van der Waals surface area contributed by atoms with Gasteiger partial charge in [0.15, 0.2) is 0 Å². The first-order valence-corrected chi connectivity index (χ1v) is 17.2. The lowest BCUT2D eigenvalue weighted by Gasteiger charge is -2.39. The molecule has 42 heavy (non-hydrogen) atoms. The Labute approximate surface area is 247 Å². The molecule has 3 aromatic rings. The topological polar surface area (TPSA) is 95.1 Å². The maximum absolute atomic E-state index is 13.9. The first-order chi connectivity index (χ1) is 20.0. The number of hydrogen-bond donors (Lipinski definition) is 0. The summed E-state index contributed by atoms with van der Waals surface area (Å²) in [5.41, 5.74) is 2.36. The van der Waals surface area contributed by atoms with Gasteiger partial charge in [0.05, 0.1) is 17.2 Å². The Hall–Kier alpha value is -3.12. The molecule has 1 aliphatic heterocycles.